The Morgan fingerprint density at radius 1 is 1.00 bits per heavy atom. The Kier molecular flexibility index (Phi) is 11.6. The molecular weight excluding hydrogens is 242 g/mol. The fraction of sp³-hybridized carbons (Fsp3) is 0.867. The normalized spacial score (nSPS) is 10.7. The standard InChI is InChI=1S/C15H29NO3/c1-13(2)15(18)12-19-11-9-7-5-4-6-8-10-16-14(3)17/h13H,4-12H2,1-3H3,(H,16,17). The summed E-state index contributed by atoms with van der Waals surface area (Å²) < 4.78 is 5.33. The number of carbonyl (C=O) groups is 2. The Balaban J connectivity index is 3.11. The highest BCUT2D eigenvalue weighted by Gasteiger charge is 2.06. The number of unbranched alkanes of at least 4 members (excludes halogenated alkanes) is 5. The summed E-state index contributed by atoms with van der Waals surface area (Å²) in [5, 5.41) is 2.79. The Hall–Kier alpha value is -0.900. The Morgan fingerprint density at radius 2 is 1.58 bits per heavy atom. The zero-order valence-electron chi connectivity index (χ0n) is 12.7. The number of Topliss-reactive ketones (excluding diaryl/α,β-unsaturated/α-hetero) is 1. The van der Waals surface area contributed by atoms with Crippen molar-refractivity contribution in [3.63, 3.8) is 0 Å². The summed E-state index contributed by atoms with van der Waals surface area (Å²) >= 11 is 0. The molecule has 4 heteroatoms. The van der Waals surface area contributed by atoms with Crippen LogP contribution >= 0.6 is 0 Å². The van der Waals surface area contributed by atoms with E-state index in [0.717, 1.165) is 32.2 Å². The Morgan fingerprint density at radius 3 is 2.16 bits per heavy atom. The molecule has 112 valence electrons. The fourth-order valence-electron chi connectivity index (χ4n) is 1.64. The molecule has 19 heavy (non-hydrogen) atoms. The van der Waals surface area contributed by atoms with Gasteiger partial charge in [0.25, 0.3) is 0 Å². The average molecular weight is 271 g/mol. The van der Waals surface area contributed by atoms with Gasteiger partial charge in [0.05, 0.1) is 0 Å². The molecule has 0 saturated carbocycles. The van der Waals surface area contributed by atoms with Crippen LogP contribution in [0.4, 0.5) is 0 Å². The first-order valence-corrected chi connectivity index (χ1v) is 7.39. The highest BCUT2D eigenvalue weighted by Crippen LogP contribution is 2.05. The van der Waals surface area contributed by atoms with Crippen LogP contribution in [0, 0.1) is 5.92 Å². The fourth-order valence-corrected chi connectivity index (χ4v) is 1.64. The molecule has 0 spiro atoms. The van der Waals surface area contributed by atoms with Crippen LogP contribution in [0.1, 0.15) is 59.3 Å². The van der Waals surface area contributed by atoms with Crippen LogP contribution in [0.15, 0.2) is 0 Å². The van der Waals surface area contributed by atoms with Gasteiger partial charge in [-0.1, -0.05) is 39.5 Å². The molecule has 0 saturated heterocycles. The molecule has 0 unspecified atom stereocenters. The second-order valence-corrected chi connectivity index (χ2v) is 5.28. The maximum Gasteiger partial charge on any atom is 0.216 e. The van der Waals surface area contributed by atoms with Crippen molar-refractivity contribution in [1.82, 2.24) is 5.32 Å². The number of carbonyl (C=O) groups excluding carboxylic acids is 2. The summed E-state index contributed by atoms with van der Waals surface area (Å²) in [5.41, 5.74) is 0. The molecule has 0 aromatic carbocycles. The molecule has 4 nitrogen and oxygen atoms in total. The van der Waals surface area contributed by atoms with Gasteiger partial charge in [0, 0.05) is 26.0 Å². The molecule has 0 rings (SSSR count). The minimum Gasteiger partial charge on any atom is -0.374 e. The van der Waals surface area contributed by atoms with E-state index in [4.69, 9.17) is 4.74 Å². The lowest BCUT2D eigenvalue weighted by atomic mass is 10.1. The summed E-state index contributed by atoms with van der Waals surface area (Å²) in [4.78, 5) is 21.9. The van der Waals surface area contributed by atoms with Crippen molar-refractivity contribution < 1.29 is 14.3 Å². The smallest absolute Gasteiger partial charge is 0.216 e. The van der Waals surface area contributed by atoms with Crippen LogP contribution < -0.4 is 5.32 Å². The van der Waals surface area contributed by atoms with E-state index in [9.17, 15) is 9.59 Å². The van der Waals surface area contributed by atoms with Crippen LogP contribution in [0.5, 0.6) is 0 Å². The molecule has 0 aliphatic heterocycles. The number of nitrogens with one attached hydrogen (secondary N) is 1. The van der Waals surface area contributed by atoms with E-state index < -0.39 is 0 Å². The quantitative estimate of drug-likeness (QED) is 0.555. The lowest BCUT2D eigenvalue weighted by molar-refractivity contribution is -0.126. The largest absolute Gasteiger partial charge is 0.374 e. The van der Waals surface area contributed by atoms with Crippen LogP contribution in [0.25, 0.3) is 0 Å². The van der Waals surface area contributed by atoms with Crippen molar-refractivity contribution in [2.75, 3.05) is 19.8 Å². The molecule has 0 bridgehead atoms. The van der Waals surface area contributed by atoms with Crippen molar-refractivity contribution in [3.05, 3.63) is 0 Å². The highest BCUT2D eigenvalue weighted by atomic mass is 16.5. The maximum atomic E-state index is 11.3. The van der Waals surface area contributed by atoms with Crippen molar-refractivity contribution in [2.45, 2.75) is 59.3 Å². The average Bonchev–Trinajstić information content (AvgIpc) is 2.35. The summed E-state index contributed by atoms with van der Waals surface area (Å²) in [6.07, 6.45) is 6.78. The number of hydrogen-bond donors (Lipinski definition) is 1. The summed E-state index contributed by atoms with van der Waals surface area (Å²) in [6, 6.07) is 0. The third kappa shape index (κ3) is 13.3. The second-order valence-electron chi connectivity index (χ2n) is 5.28. The molecule has 0 atom stereocenters. The van der Waals surface area contributed by atoms with Gasteiger partial charge in [-0.2, -0.15) is 0 Å². The van der Waals surface area contributed by atoms with E-state index >= 15 is 0 Å². The minimum absolute atomic E-state index is 0.0492. The Labute approximate surface area is 117 Å². The van der Waals surface area contributed by atoms with Gasteiger partial charge < -0.3 is 10.1 Å². The molecule has 0 heterocycles. The van der Waals surface area contributed by atoms with E-state index in [1.54, 1.807) is 6.92 Å². The number of rotatable bonds is 12. The molecule has 0 aliphatic rings. The predicted molar refractivity (Wildman–Crippen MR) is 77.0 cm³/mol. The van der Waals surface area contributed by atoms with Crippen LogP contribution in [0.2, 0.25) is 0 Å². The summed E-state index contributed by atoms with van der Waals surface area (Å²) in [6.45, 7) is 7.07. The predicted octanol–water partition coefficient (Wildman–Crippen LogP) is 2.70. The third-order valence-electron chi connectivity index (χ3n) is 2.98. The molecule has 0 aromatic heterocycles. The molecule has 1 N–H and O–H groups in total. The van der Waals surface area contributed by atoms with Gasteiger partial charge in [-0.05, 0) is 12.8 Å². The molecule has 0 radical (unpaired) electrons. The molecule has 0 aromatic rings. The van der Waals surface area contributed by atoms with Gasteiger partial charge in [-0.15, -0.1) is 0 Å². The zero-order chi connectivity index (χ0) is 14.5. The van der Waals surface area contributed by atoms with Crippen molar-refractivity contribution in [2.24, 2.45) is 5.92 Å². The van der Waals surface area contributed by atoms with Gasteiger partial charge >= 0.3 is 0 Å². The van der Waals surface area contributed by atoms with Gasteiger partial charge in [0.1, 0.15) is 6.61 Å². The first-order valence-electron chi connectivity index (χ1n) is 7.39. The van der Waals surface area contributed by atoms with Gasteiger partial charge in [-0.3, -0.25) is 9.59 Å². The highest BCUT2D eigenvalue weighted by molar-refractivity contribution is 5.81. The SMILES string of the molecule is CC(=O)NCCCCCCCCOCC(=O)C(C)C. The van der Waals surface area contributed by atoms with E-state index in [-0.39, 0.29) is 24.2 Å². The van der Waals surface area contributed by atoms with E-state index in [2.05, 4.69) is 5.32 Å². The van der Waals surface area contributed by atoms with Crippen LogP contribution in [-0.4, -0.2) is 31.4 Å². The lowest BCUT2D eigenvalue weighted by Gasteiger charge is -2.06. The first kappa shape index (κ1) is 18.1. The van der Waals surface area contributed by atoms with Crippen molar-refractivity contribution in [3.8, 4) is 0 Å². The van der Waals surface area contributed by atoms with Gasteiger partial charge in [0.2, 0.25) is 5.91 Å². The molecule has 1 amide bonds. The van der Waals surface area contributed by atoms with Crippen LogP contribution in [-0.2, 0) is 14.3 Å². The summed E-state index contributed by atoms with van der Waals surface area (Å²) in [7, 11) is 0. The topological polar surface area (TPSA) is 55.4 Å². The van der Waals surface area contributed by atoms with E-state index in [0.29, 0.717) is 6.61 Å². The summed E-state index contributed by atoms with van der Waals surface area (Å²) in [5.74, 6) is 0.301. The van der Waals surface area contributed by atoms with Crippen molar-refractivity contribution in [1.29, 1.82) is 0 Å². The maximum absolute atomic E-state index is 11.3. The molecule has 0 aliphatic carbocycles. The van der Waals surface area contributed by atoms with Crippen molar-refractivity contribution >= 4 is 11.7 Å². The van der Waals surface area contributed by atoms with Gasteiger partial charge in [0.15, 0.2) is 5.78 Å². The molecule has 0 fully saturated rings. The monoisotopic (exact) mass is 271 g/mol. The minimum atomic E-state index is 0.0492. The van der Waals surface area contributed by atoms with E-state index in [1.807, 2.05) is 13.8 Å². The van der Waals surface area contributed by atoms with E-state index in [1.165, 1.54) is 12.8 Å². The first-order chi connectivity index (χ1) is 9.04. The zero-order valence-corrected chi connectivity index (χ0v) is 12.7. The van der Waals surface area contributed by atoms with Crippen LogP contribution in [0.3, 0.4) is 0 Å². The number of hydrogen-bond acceptors (Lipinski definition) is 3. The number of ether oxygens (including phenoxy) is 1. The number of amides is 1. The lowest BCUT2D eigenvalue weighted by Crippen LogP contribution is -2.20. The Bertz CT molecular complexity index is 252. The molecular formula is C15H29NO3. The number of ketones is 1. The van der Waals surface area contributed by atoms with Gasteiger partial charge in [-0.25, -0.2) is 0 Å². The second kappa shape index (κ2) is 12.2. The third-order valence-corrected chi connectivity index (χ3v) is 2.98.